The van der Waals surface area contributed by atoms with E-state index >= 15 is 0 Å². The molecule has 0 aliphatic heterocycles. The molecule has 1 unspecified atom stereocenters. The minimum atomic E-state index is -4.43. The van der Waals surface area contributed by atoms with E-state index in [9.17, 15) is 16.8 Å². The first kappa shape index (κ1) is 39.7. The van der Waals surface area contributed by atoms with Gasteiger partial charge in [0.2, 0.25) is 0 Å². The Morgan fingerprint density at radius 2 is 1.00 bits per heavy atom. The monoisotopic (exact) mass is 595 g/mol. The van der Waals surface area contributed by atoms with Gasteiger partial charge in [0, 0.05) is 19.6 Å². The highest BCUT2D eigenvalue weighted by Gasteiger charge is 2.16. The highest BCUT2D eigenvalue weighted by molar-refractivity contribution is 7.81. The summed E-state index contributed by atoms with van der Waals surface area (Å²) in [5.74, 6) is 0. The lowest BCUT2D eigenvalue weighted by Gasteiger charge is -2.17. The number of aliphatic hydroxyl groups is 3. The maximum atomic E-state index is 11.0. The fourth-order valence-electron chi connectivity index (χ4n) is 3.85. The zero-order chi connectivity index (χ0) is 29.1. The summed E-state index contributed by atoms with van der Waals surface area (Å²) < 4.78 is 69.2. The van der Waals surface area contributed by atoms with Gasteiger partial charge in [-0.25, -0.2) is 8.37 Å². The third-order valence-corrected chi connectivity index (χ3v) is 6.77. The molecule has 0 aliphatic carbocycles. The number of aliphatic hydroxyl groups excluding tert-OH is 3. The number of unbranched alkanes of at least 4 members (excludes halogenated alkanes) is 11. The molecular formula is C24H53NO11S2. The van der Waals surface area contributed by atoms with E-state index in [0.717, 1.165) is 51.4 Å². The molecule has 0 bridgehead atoms. The summed E-state index contributed by atoms with van der Waals surface area (Å²) in [7, 11) is -8.78. The first-order valence-electron chi connectivity index (χ1n) is 13.8. The smallest absolute Gasteiger partial charge is 0.395 e. The van der Waals surface area contributed by atoms with Gasteiger partial charge in [-0.05, 0) is 19.3 Å². The molecule has 1 atom stereocenters. The van der Waals surface area contributed by atoms with Crippen molar-refractivity contribution >= 4 is 20.8 Å². The highest BCUT2D eigenvalue weighted by atomic mass is 32.3. The van der Waals surface area contributed by atoms with Crippen LogP contribution < -0.4 is 0 Å². The first-order valence-corrected chi connectivity index (χ1v) is 16.5. The molecule has 14 heteroatoms. The molecule has 0 fully saturated rings. The van der Waals surface area contributed by atoms with Gasteiger partial charge in [0.15, 0.2) is 0 Å². The van der Waals surface area contributed by atoms with Gasteiger partial charge in [-0.3, -0.25) is 14.0 Å². The minimum absolute atomic E-state index is 0.0262. The molecule has 0 aromatic heterocycles. The van der Waals surface area contributed by atoms with Gasteiger partial charge >= 0.3 is 20.8 Å². The topological polar surface area (TPSA) is 191 Å². The van der Waals surface area contributed by atoms with Crippen LogP contribution in [-0.4, -0.2) is 98.3 Å². The Hall–Kier alpha value is -0.420. The van der Waals surface area contributed by atoms with Gasteiger partial charge in [-0.2, -0.15) is 16.8 Å². The summed E-state index contributed by atoms with van der Waals surface area (Å²) in [5, 5.41) is 25.5. The van der Waals surface area contributed by atoms with Crippen LogP contribution in [0.15, 0.2) is 0 Å². The third-order valence-electron chi connectivity index (χ3n) is 5.79. The highest BCUT2D eigenvalue weighted by Crippen LogP contribution is 2.18. The average Bonchev–Trinajstić information content (AvgIpc) is 2.81. The molecule has 0 saturated heterocycles. The lowest BCUT2D eigenvalue weighted by atomic mass is 10.0. The number of hydrogen-bond donors (Lipinski definition) is 5. The Morgan fingerprint density at radius 3 is 1.37 bits per heavy atom. The van der Waals surface area contributed by atoms with Crippen LogP contribution in [0.4, 0.5) is 0 Å². The maximum Gasteiger partial charge on any atom is 0.397 e. The molecular weight excluding hydrogens is 542 g/mol. The fraction of sp³-hybridized carbons (Fsp3) is 1.00. The molecule has 0 heterocycles. The Morgan fingerprint density at radius 1 is 0.605 bits per heavy atom. The third kappa shape index (κ3) is 33.6. The van der Waals surface area contributed by atoms with E-state index in [1.54, 1.807) is 4.90 Å². The molecule has 0 rings (SSSR count). The summed E-state index contributed by atoms with van der Waals surface area (Å²) in [6.07, 6.45) is 13.6. The average molecular weight is 596 g/mol. The standard InChI is InChI=1S/C18H38O8S2.C6H15NO3/c1-2-3-4-5-6-9-12-15-18(26-28(22,23)24)16-13-10-7-8-11-14-17-25-27(19,20)21;8-4-1-7(2-5-9)3-6-10/h18H,2-17H2,1H3,(H,19,20,21)(H,22,23,24);8-10H,1-6H2. The first-order chi connectivity index (χ1) is 18.0. The largest absolute Gasteiger partial charge is 0.397 e. The zero-order valence-electron chi connectivity index (χ0n) is 23.1. The van der Waals surface area contributed by atoms with Crippen LogP contribution in [0.25, 0.3) is 0 Å². The van der Waals surface area contributed by atoms with Gasteiger partial charge < -0.3 is 15.3 Å². The number of nitrogens with zero attached hydrogens (tertiary/aromatic N) is 1. The minimum Gasteiger partial charge on any atom is -0.395 e. The maximum absolute atomic E-state index is 11.0. The van der Waals surface area contributed by atoms with Crippen LogP contribution in [0.3, 0.4) is 0 Å². The van der Waals surface area contributed by atoms with E-state index < -0.39 is 26.9 Å². The van der Waals surface area contributed by atoms with Crippen molar-refractivity contribution in [2.75, 3.05) is 46.1 Å². The second kappa shape index (κ2) is 26.8. The van der Waals surface area contributed by atoms with E-state index in [-0.39, 0.29) is 26.4 Å². The van der Waals surface area contributed by atoms with Crippen molar-refractivity contribution in [3.63, 3.8) is 0 Å². The van der Waals surface area contributed by atoms with Crippen molar-refractivity contribution in [2.24, 2.45) is 0 Å². The van der Waals surface area contributed by atoms with Gasteiger partial charge in [0.05, 0.1) is 32.5 Å². The molecule has 0 aliphatic rings. The van der Waals surface area contributed by atoms with E-state index in [4.69, 9.17) is 28.6 Å². The van der Waals surface area contributed by atoms with Crippen LogP contribution in [0.1, 0.15) is 103 Å². The predicted octanol–water partition coefficient (Wildman–Crippen LogP) is 3.13. The van der Waals surface area contributed by atoms with Crippen LogP contribution >= 0.6 is 0 Å². The molecule has 0 spiro atoms. The predicted molar refractivity (Wildman–Crippen MR) is 147 cm³/mol. The molecule has 0 saturated carbocycles. The second-order valence-corrected chi connectivity index (χ2v) is 11.4. The van der Waals surface area contributed by atoms with Crippen molar-refractivity contribution in [1.82, 2.24) is 4.90 Å². The van der Waals surface area contributed by atoms with Gasteiger partial charge in [-0.15, -0.1) is 0 Å². The summed E-state index contributed by atoms with van der Waals surface area (Å²) in [6.45, 7) is 3.90. The Bertz CT molecular complexity index is 692. The lowest BCUT2D eigenvalue weighted by Crippen LogP contribution is -2.32. The van der Waals surface area contributed by atoms with E-state index in [0.29, 0.717) is 38.9 Å². The van der Waals surface area contributed by atoms with Crippen LogP contribution in [0, 0.1) is 0 Å². The molecule has 0 aromatic carbocycles. The molecule has 0 amide bonds. The molecule has 232 valence electrons. The normalized spacial score (nSPS) is 12.9. The van der Waals surface area contributed by atoms with Crippen molar-refractivity contribution < 1.29 is 49.6 Å². The fourth-order valence-corrected chi connectivity index (χ4v) is 4.71. The van der Waals surface area contributed by atoms with Gasteiger partial charge in [-0.1, -0.05) is 84.0 Å². The summed E-state index contributed by atoms with van der Waals surface area (Å²) in [5.41, 5.74) is 0. The second-order valence-electron chi connectivity index (χ2n) is 9.23. The van der Waals surface area contributed by atoms with Crippen molar-refractivity contribution in [3.8, 4) is 0 Å². The molecule has 38 heavy (non-hydrogen) atoms. The van der Waals surface area contributed by atoms with E-state index in [2.05, 4.69) is 11.1 Å². The van der Waals surface area contributed by atoms with Crippen molar-refractivity contribution in [1.29, 1.82) is 0 Å². The van der Waals surface area contributed by atoms with Crippen molar-refractivity contribution in [3.05, 3.63) is 0 Å². The van der Waals surface area contributed by atoms with Crippen molar-refractivity contribution in [2.45, 2.75) is 109 Å². The molecule has 0 aromatic rings. The van der Waals surface area contributed by atoms with Crippen LogP contribution in [0.5, 0.6) is 0 Å². The molecule has 12 nitrogen and oxygen atoms in total. The number of rotatable bonds is 26. The SMILES string of the molecule is CCCCCCCCCC(CCCCCCCCOS(=O)(=O)O)OS(=O)(=O)O.OCCN(CCO)CCO. The van der Waals surface area contributed by atoms with Crippen LogP contribution in [0.2, 0.25) is 0 Å². The van der Waals surface area contributed by atoms with E-state index in [1.165, 1.54) is 25.7 Å². The Balaban J connectivity index is 0. The Labute approximate surface area is 230 Å². The summed E-state index contributed by atoms with van der Waals surface area (Å²) in [4.78, 5) is 1.79. The van der Waals surface area contributed by atoms with Gasteiger partial charge in [0.25, 0.3) is 0 Å². The van der Waals surface area contributed by atoms with Crippen LogP contribution in [-0.2, 0) is 29.2 Å². The zero-order valence-corrected chi connectivity index (χ0v) is 24.7. The quantitative estimate of drug-likeness (QED) is 0.0726. The van der Waals surface area contributed by atoms with E-state index in [1.807, 2.05) is 0 Å². The molecule has 5 N–H and O–H groups in total. The van der Waals surface area contributed by atoms with Gasteiger partial charge in [0.1, 0.15) is 0 Å². The summed E-state index contributed by atoms with van der Waals surface area (Å²) in [6, 6.07) is 0. The lowest BCUT2D eigenvalue weighted by molar-refractivity contribution is 0.136. The number of hydrogen-bond acceptors (Lipinski definition) is 10. The summed E-state index contributed by atoms with van der Waals surface area (Å²) >= 11 is 0. The molecule has 0 radical (unpaired) electrons. The Kier molecular flexibility index (Phi) is 28.0.